The van der Waals surface area contributed by atoms with Crippen molar-refractivity contribution in [1.29, 1.82) is 0 Å². The number of nitrogens with two attached hydrogens (primary N) is 1. The fourth-order valence-electron chi connectivity index (χ4n) is 2.26. The highest BCUT2D eigenvalue weighted by Gasteiger charge is 2.04. The SMILES string of the molecule is COc1ccc(-c2cccc(CC(C)C)c2)cc1N. The Labute approximate surface area is 115 Å². The van der Waals surface area contributed by atoms with Crippen LogP contribution >= 0.6 is 0 Å². The maximum Gasteiger partial charge on any atom is 0.141 e. The molecule has 0 bridgehead atoms. The molecule has 19 heavy (non-hydrogen) atoms. The van der Waals surface area contributed by atoms with E-state index in [-0.39, 0.29) is 0 Å². The Morgan fingerprint density at radius 1 is 1.05 bits per heavy atom. The zero-order chi connectivity index (χ0) is 13.8. The van der Waals surface area contributed by atoms with Crippen LogP contribution < -0.4 is 10.5 Å². The van der Waals surface area contributed by atoms with Crippen LogP contribution in [0, 0.1) is 5.92 Å². The first-order valence-corrected chi connectivity index (χ1v) is 6.63. The summed E-state index contributed by atoms with van der Waals surface area (Å²) in [5, 5.41) is 0. The molecular formula is C17H21NO. The Bertz CT molecular complexity index is 561. The van der Waals surface area contributed by atoms with E-state index in [0.717, 1.165) is 17.7 Å². The number of rotatable bonds is 4. The highest BCUT2D eigenvalue weighted by Crippen LogP contribution is 2.29. The summed E-state index contributed by atoms with van der Waals surface area (Å²) < 4.78 is 5.19. The van der Waals surface area contributed by atoms with Gasteiger partial charge >= 0.3 is 0 Å². The zero-order valence-electron chi connectivity index (χ0n) is 11.8. The lowest BCUT2D eigenvalue weighted by atomic mass is 9.98. The maximum atomic E-state index is 5.96. The van der Waals surface area contributed by atoms with E-state index in [2.05, 4.69) is 38.1 Å². The van der Waals surface area contributed by atoms with Crippen LogP contribution in [-0.2, 0) is 6.42 Å². The second-order valence-electron chi connectivity index (χ2n) is 5.26. The molecule has 0 aliphatic rings. The molecule has 2 heteroatoms. The Kier molecular flexibility index (Phi) is 4.10. The Balaban J connectivity index is 2.33. The van der Waals surface area contributed by atoms with E-state index in [4.69, 9.17) is 10.5 Å². The van der Waals surface area contributed by atoms with Crippen molar-refractivity contribution < 1.29 is 4.74 Å². The number of ether oxygens (including phenoxy) is 1. The van der Waals surface area contributed by atoms with Crippen molar-refractivity contribution in [2.24, 2.45) is 5.92 Å². The molecule has 0 amide bonds. The van der Waals surface area contributed by atoms with Gasteiger partial charge in [-0.1, -0.05) is 44.2 Å². The predicted octanol–water partition coefficient (Wildman–Crippen LogP) is 4.14. The minimum absolute atomic E-state index is 0.663. The van der Waals surface area contributed by atoms with Gasteiger partial charge in [0.1, 0.15) is 5.75 Å². The lowest BCUT2D eigenvalue weighted by molar-refractivity contribution is 0.417. The smallest absolute Gasteiger partial charge is 0.141 e. The number of hydrogen-bond acceptors (Lipinski definition) is 2. The first-order chi connectivity index (χ1) is 9.10. The van der Waals surface area contributed by atoms with Crippen molar-refractivity contribution in [2.45, 2.75) is 20.3 Å². The molecule has 0 radical (unpaired) electrons. The molecule has 100 valence electrons. The van der Waals surface area contributed by atoms with Crippen molar-refractivity contribution in [3.63, 3.8) is 0 Å². The first kappa shape index (κ1) is 13.5. The predicted molar refractivity (Wildman–Crippen MR) is 81.4 cm³/mol. The van der Waals surface area contributed by atoms with Crippen LogP contribution in [0.15, 0.2) is 42.5 Å². The van der Waals surface area contributed by atoms with E-state index in [9.17, 15) is 0 Å². The minimum Gasteiger partial charge on any atom is -0.495 e. The minimum atomic E-state index is 0.663. The maximum absolute atomic E-state index is 5.96. The van der Waals surface area contributed by atoms with Gasteiger partial charge < -0.3 is 10.5 Å². The van der Waals surface area contributed by atoms with E-state index in [1.807, 2.05) is 18.2 Å². The van der Waals surface area contributed by atoms with Crippen LogP contribution in [0.25, 0.3) is 11.1 Å². The Morgan fingerprint density at radius 3 is 2.42 bits per heavy atom. The van der Waals surface area contributed by atoms with E-state index in [1.54, 1.807) is 7.11 Å². The fraction of sp³-hybridized carbons (Fsp3) is 0.294. The topological polar surface area (TPSA) is 35.2 Å². The van der Waals surface area contributed by atoms with E-state index < -0.39 is 0 Å². The first-order valence-electron chi connectivity index (χ1n) is 6.63. The lowest BCUT2D eigenvalue weighted by Gasteiger charge is -2.10. The van der Waals surface area contributed by atoms with Crippen LogP contribution in [0.1, 0.15) is 19.4 Å². The van der Waals surface area contributed by atoms with Crippen molar-refractivity contribution >= 4 is 5.69 Å². The molecule has 2 nitrogen and oxygen atoms in total. The summed E-state index contributed by atoms with van der Waals surface area (Å²) >= 11 is 0. The number of hydrogen-bond donors (Lipinski definition) is 1. The largest absolute Gasteiger partial charge is 0.495 e. The molecule has 0 heterocycles. The summed E-state index contributed by atoms with van der Waals surface area (Å²) in [6.45, 7) is 4.47. The molecule has 0 aromatic heterocycles. The molecule has 0 saturated carbocycles. The van der Waals surface area contributed by atoms with Crippen molar-refractivity contribution in [3.8, 4) is 16.9 Å². The monoisotopic (exact) mass is 255 g/mol. The van der Waals surface area contributed by atoms with Crippen LogP contribution in [0.2, 0.25) is 0 Å². The summed E-state index contributed by atoms with van der Waals surface area (Å²) in [4.78, 5) is 0. The van der Waals surface area contributed by atoms with Crippen LogP contribution in [0.3, 0.4) is 0 Å². The highest BCUT2D eigenvalue weighted by atomic mass is 16.5. The van der Waals surface area contributed by atoms with Crippen LogP contribution in [0.5, 0.6) is 5.75 Å². The lowest BCUT2D eigenvalue weighted by Crippen LogP contribution is -1.95. The Morgan fingerprint density at radius 2 is 1.79 bits per heavy atom. The summed E-state index contributed by atoms with van der Waals surface area (Å²) in [5.41, 5.74) is 10.3. The average Bonchev–Trinajstić information content (AvgIpc) is 2.38. The normalized spacial score (nSPS) is 10.7. The molecule has 0 atom stereocenters. The standard InChI is InChI=1S/C17H21NO/c1-12(2)9-13-5-4-6-14(10-13)15-7-8-17(19-3)16(18)11-15/h4-8,10-12H,9,18H2,1-3H3. The zero-order valence-corrected chi connectivity index (χ0v) is 11.8. The number of nitrogen functional groups attached to an aromatic ring is 1. The van der Waals surface area contributed by atoms with Gasteiger partial charge in [-0.15, -0.1) is 0 Å². The van der Waals surface area contributed by atoms with E-state index in [1.165, 1.54) is 11.1 Å². The van der Waals surface area contributed by atoms with Gasteiger partial charge in [0.15, 0.2) is 0 Å². The Hall–Kier alpha value is -1.96. The van der Waals surface area contributed by atoms with Crippen LogP contribution in [-0.4, -0.2) is 7.11 Å². The quantitative estimate of drug-likeness (QED) is 0.833. The molecule has 2 aromatic rings. The van der Waals surface area contributed by atoms with Gasteiger partial charge in [0.05, 0.1) is 12.8 Å². The summed E-state index contributed by atoms with van der Waals surface area (Å²) in [5.74, 6) is 1.39. The molecular weight excluding hydrogens is 234 g/mol. The second kappa shape index (κ2) is 5.79. The van der Waals surface area contributed by atoms with Crippen molar-refractivity contribution in [2.75, 3.05) is 12.8 Å². The number of benzene rings is 2. The molecule has 2 aromatic carbocycles. The van der Waals surface area contributed by atoms with Crippen molar-refractivity contribution in [1.82, 2.24) is 0 Å². The highest BCUT2D eigenvalue weighted by molar-refractivity contribution is 5.71. The number of methoxy groups -OCH3 is 1. The third-order valence-electron chi connectivity index (χ3n) is 3.13. The van der Waals surface area contributed by atoms with E-state index >= 15 is 0 Å². The number of anilines is 1. The summed E-state index contributed by atoms with van der Waals surface area (Å²) in [6.07, 6.45) is 1.10. The molecule has 0 aliphatic carbocycles. The molecule has 0 spiro atoms. The summed E-state index contributed by atoms with van der Waals surface area (Å²) in [6, 6.07) is 14.6. The van der Waals surface area contributed by atoms with Gasteiger partial charge in [0.25, 0.3) is 0 Å². The van der Waals surface area contributed by atoms with Gasteiger partial charge in [0.2, 0.25) is 0 Å². The van der Waals surface area contributed by atoms with Crippen LogP contribution in [0.4, 0.5) is 5.69 Å². The van der Waals surface area contributed by atoms with Gasteiger partial charge in [-0.2, -0.15) is 0 Å². The van der Waals surface area contributed by atoms with Crippen molar-refractivity contribution in [3.05, 3.63) is 48.0 Å². The summed E-state index contributed by atoms with van der Waals surface area (Å²) in [7, 11) is 1.63. The molecule has 2 N–H and O–H groups in total. The molecule has 2 rings (SSSR count). The van der Waals surface area contributed by atoms with Gasteiger partial charge in [-0.3, -0.25) is 0 Å². The van der Waals surface area contributed by atoms with Gasteiger partial charge in [-0.05, 0) is 41.2 Å². The average molecular weight is 255 g/mol. The molecule has 0 saturated heterocycles. The van der Waals surface area contributed by atoms with Gasteiger partial charge in [-0.25, -0.2) is 0 Å². The third kappa shape index (κ3) is 3.28. The molecule has 0 unspecified atom stereocenters. The van der Waals surface area contributed by atoms with Gasteiger partial charge in [0, 0.05) is 0 Å². The molecule has 0 fully saturated rings. The second-order valence-corrected chi connectivity index (χ2v) is 5.26. The van der Waals surface area contributed by atoms with E-state index in [0.29, 0.717) is 11.6 Å². The third-order valence-corrected chi connectivity index (χ3v) is 3.13. The fourth-order valence-corrected chi connectivity index (χ4v) is 2.26. The molecule has 0 aliphatic heterocycles.